The van der Waals surface area contributed by atoms with Gasteiger partial charge in [-0.15, -0.1) is 0 Å². The van der Waals surface area contributed by atoms with Crippen LogP contribution < -0.4 is 14.8 Å². The molecule has 0 saturated carbocycles. The predicted molar refractivity (Wildman–Crippen MR) is 88.0 cm³/mol. The van der Waals surface area contributed by atoms with Crippen molar-refractivity contribution in [2.24, 2.45) is 0 Å². The Morgan fingerprint density at radius 1 is 1.38 bits per heavy atom. The molecule has 3 N–H and O–H groups in total. The number of carbonyl (C=O) groups is 2. The Balaban J connectivity index is 3.45. The number of aliphatic carboxylic acids is 1. The zero-order chi connectivity index (χ0) is 18.5. The van der Waals surface area contributed by atoms with Crippen molar-refractivity contribution in [2.45, 2.75) is 30.7 Å². The summed E-state index contributed by atoms with van der Waals surface area (Å²) >= 11 is 5.90. The Bertz CT molecular complexity index is 735. The third-order valence-electron chi connectivity index (χ3n) is 3.16. The number of carboxylic acid groups (broad SMARTS) is 1. The molecule has 1 aromatic carbocycles. The van der Waals surface area contributed by atoms with Gasteiger partial charge in [0.1, 0.15) is 10.9 Å². The van der Waals surface area contributed by atoms with Crippen LogP contribution in [0.1, 0.15) is 30.1 Å². The number of rotatable bonds is 8. The van der Waals surface area contributed by atoms with Crippen molar-refractivity contribution in [3.8, 4) is 5.75 Å². The van der Waals surface area contributed by atoms with Gasteiger partial charge in [0.05, 0.1) is 12.7 Å². The summed E-state index contributed by atoms with van der Waals surface area (Å²) in [5.74, 6) is -2.10. The second-order valence-corrected chi connectivity index (χ2v) is 6.98. The van der Waals surface area contributed by atoms with Crippen LogP contribution in [0.25, 0.3) is 0 Å². The summed E-state index contributed by atoms with van der Waals surface area (Å²) in [7, 11) is -1.70. The van der Waals surface area contributed by atoms with E-state index in [-0.39, 0.29) is 22.8 Å². The minimum absolute atomic E-state index is 0.00265. The van der Waals surface area contributed by atoms with Crippen LogP contribution in [0.4, 0.5) is 0 Å². The number of benzene rings is 1. The van der Waals surface area contributed by atoms with Crippen LogP contribution in [0.15, 0.2) is 17.0 Å². The van der Waals surface area contributed by atoms with Gasteiger partial charge in [0, 0.05) is 12.1 Å². The molecule has 0 aliphatic rings. The molecule has 1 unspecified atom stereocenters. The van der Waals surface area contributed by atoms with Crippen LogP contribution in [0.5, 0.6) is 5.75 Å². The monoisotopic (exact) mass is 378 g/mol. The topological polar surface area (TPSA) is 122 Å². The normalized spacial score (nSPS) is 12.5. The van der Waals surface area contributed by atoms with Gasteiger partial charge in [0.15, 0.2) is 5.75 Å². The smallest absolute Gasteiger partial charge is 0.321 e. The van der Waals surface area contributed by atoms with Crippen LogP contribution in [0, 0.1) is 0 Å². The number of sulfonamides is 1. The largest absolute Gasteiger partial charge is 0.494 e. The van der Waals surface area contributed by atoms with Gasteiger partial charge in [0.25, 0.3) is 5.91 Å². The first kappa shape index (κ1) is 20.2. The minimum Gasteiger partial charge on any atom is -0.494 e. The average Bonchev–Trinajstić information content (AvgIpc) is 2.52. The first-order chi connectivity index (χ1) is 11.2. The molecule has 0 aromatic heterocycles. The Morgan fingerprint density at radius 3 is 2.46 bits per heavy atom. The maximum Gasteiger partial charge on any atom is 0.321 e. The van der Waals surface area contributed by atoms with Crippen LogP contribution >= 0.6 is 11.6 Å². The van der Waals surface area contributed by atoms with Crippen molar-refractivity contribution in [2.75, 3.05) is 14.2 Å². The lowest BCUT2D eigenvalue weighted by molar-refractivity contribution is -0.139. The summed E-state index contributed by atoms with van der Waals surface area (Å²) in [5.41, 5.74) is -0.0739. The van der Waals surface area contributed by atoms with Crippen molar-refractivity contribution in [1.82, 2.24) is 10.0 Å². The molecule has 0 fully saturated rings. The molecule has 1 amide bonds. The van der Waals surface area contributed by atoms with E-state index in [1.807, 2.05) is 0 Å². The summed E-state index contributed by atoms with van der Waals surface area (Å²) in [6, 6.07) is 1.06. The highest BCUT2D eigenvalue weighted by Gasteiger charge is 2.30. The van der Waals surface area contributed by atoms with Gasteiger partial charge < -0.3 is 15.2 Å². The minimum atomic E-state index is -4.28. The van der Waals surface area contributed by atoms with Crippen LogP contribution in [-0.2, 0) is 14.8 Å². The van der Waals surface area contributed by atoms with Crippen molar-refractivity contribution in [3.05, 3.63) is 22.7 Å². The molecule has 1 rings (SSSR count). The second-order valence-electron chi connectivity index (χ2n) is 4.86. The number of halogens is 1. The quantitative estimate of drug-likeness (QED) is 0.625. The number of amides is 1. The molecule has 0 bridgehead atoms. The van der Waals surface area contributed by atoms with E-state index in [0.717, 1.165) is 6.07 Å². The van der Waals surface area contributed by atoms with E-state index in [1.54, 1.807) is 6.92 Å². The summed E-state index contributed by atoms with van der Waals surface area (Å²) < 4.78 is 32.3. The molecular formula is C14H19ClN2O6S. The van der Waals surface area contributed by atoms with Crippen LogP contribution in [0.3, 0.4) is 0 Å². The van der Waals surface area contributed by atoms with Crippen molar-refractivity contribution in [1.29, 1.82) is 0 Å². The lowest BCUT2D eigenvalue weighted by atomic mass is 10.2. The van der Waals surface area contributed by atoms with E-state index >= 15 is 0 Å². The van der Waals surface area contributed by atoms with Gasteiger partial charge in [-0.05, 0) is 18.6 Å². The second kappa shape index (κ2) is 8.32. The van der Waals surface area contributed by atoms with E-state index < -0.39 is 32.8 Å². The van der Waals surface area contributed by atoms with E-state index in [0.29, 0.717) is 6.42 Å². The van der Waals surface area contributed by atoms with Gasteiger partial charge in [-0.2, -0.15) is 4.72 Å². The predicted octanol–water partition coefficient (Wildman–Crippen LogP) is 1.24. The number of carboxylic acids is 1. The number of carbonyl (C=O) groups excluding carboxylic acids is 1. The highest BCUT2D eigenvalue weighted by Crippen LogP contribution is 2.32. The maximum atomic E-state index is 12.6. The standard InChI is InChI=1S/C14H19ClN2O6S/c1-4-5-10(14(19)20)17-24(21,22)11-7-8(15)6-9(12(11)23-3)13(18)16-2/h6-7,10,17H,4-5H2,1-3H3,(H,16,18)(H,19,20). The molecule has 1 aromatic rings. The summed E-state index contributed by atoms with van der Waals surface area (Å²) in [6.45, 7) is 1.73. The number of nitrogens with one attached hydrogen (secondary N) is 2. The Labute approximate surface area is 145 Å². The zero-order valence-corrected chi connectivity index (χ0v) is 15.0. The van der Waals surface area contributed by atoms with E-state index in [4.69, 9.17) is 21.4 Å². The van der Waals surface area contributed by atoms with E-state index in [1.165, 1.54) is 20.2 Å². The molecule has 0 heterocycles. The number of hydrogen-bond acceptors (Lipinski definition) is 5. The molecule has 24 heavy (non-hydrogen) atoms. The third kappa shape index (κ3) is 4.59. The Morgan fingerprint density at radius 2 is 2.00 bits per heavy atom. The fourth-order valence-electron chi connectivity index (χ4n) is 2.05. The van der Waals surface area contributed by atoms with Crippen LogP contribution in [-0.4, -0.2) is 45.6 Å². The molecule has 0 spiro atoms. The van der Waals surface area contributed by atoms with E-state index in [9.17, 15) is 18.0 Å². The summed E-state index contributed by atoms with van der Waals surface area (Å²) in [6.07, 6.45) is 0.579. The molecule has 134 valence electrons. The fourth-order valence-corrected chi connectivity index (χ4v) is 3.78. The lowest BCUT2D eigenvalue weighted by Crippen LogP contribution is -2.40. The summed E-state index contributed by atoms with van der Waals surface area (Å²) in [5, 5.41) is 11.5. The van der Waals surface area contributed by atoms with Gasteiger partial charge >= 0.3 is 5.97 Å². The first-order valence-electron chi connectivity index (χ1n) is 7.02. The van der Waals surface area contributed by atoms with E-state index in [2.05, 4.69) is 10.0 Å². The molecule has 1 atom stereocenters. The Hall–Kier alpha value is -1.84. The SMILES string of the molecule is CCCC(NS(=O)(=O)c1cc(Cl)cc(C(=O)NC)c1OC)C(=O)O. The molecule has 0 radical (unpaired) electrons. The lowest BCUT2D eigenvalue weighted by Gasteiger charge is -2.17. The number of hydrogen-bond donors (Lipinski definition) is 3. The van der Waals surface area contributed by atoms with Crippen molar-refractivity contribution in [3.63, 3.8) is 0 Å². The highest BCUT2D eigenvalue weighted by atomic mass is 35.5. The van der Waals surface area contributed by atoms with Gasteiger partial charge in [0.2, 0.25) is 10.0 Å². The molecular weight excluding hydrogens is 360 g/mol. The molecule has 8 nitrogen and oxygen atoms in total. The van der Waals surface area contributed by atoms with Crippen LogP contribution in [0.2, 0.25) is 5.02 Å². The summed E-state index contributed by atoms with van der Waals surface area (Å²) in [4.78, 5) is 22.7. The number of methoxy groups -OCH3 is 1. The van der Waals surface area contributed by atoms with Gasteiger partial charge in [-0.3, -0.25) is 9.59 Å². The third-order valence-corrected chi connectivity index (χ3v) is 4.85. The van der Waals surface area contributed by atoms with Crippen molar-refractivity contribution < 1.29 is 27.9 Å². The number of ether oxygens (including phenoxy) is 1. The molecule has 0 saturated heterocycles. The Kier molecular flexibility index (Phi) is 7.00. The fraction of sp³-hybridized carbons (Fsp3) is 0.429. The van der Waals surface area contributed by atoms with Crippen molar-refractivity contribution >= 4 is 33.5 Å². The zero-order valence-electron chi connectivity index (χ0n) is 13.4. The molecule has 10 heteroatoms. The maximum absolute atomic E-state index is 12.6. The van der Waals surface area contributed by atoms with Gasteiger partial charge in [-0.1, -0.05) is 24.9 Å². The van der Waals surface area contributed by atoms with Gasteiger partial charge in [-0.25, -0.2) is 8.42 Å². The molecule has 0 aliphatic carbocycles. The highest BCUT2D eigenvalue weighted by molar-refractivity contribution is 7.89. The molecule has 0 aliphatic heterocycles. The first-order valence-corrected chi connectivity index (χ1v) is 8.88. The average molecular weight is 379 g/mol.